The van der Waals surface area contributed by atoms with Gasteiger partial charge in [0, 0.05) is 41.9 Å². The number of nitrogens with zero attached hydrogens (tertiary/aromatic N) is 3. The van der Waals surface area contributed by atoms with Crippen LogP contribution in [0.2, 0.25) is 0 Å². The van der Waals surface area contributed by atoms with E-state index in [4.69, 9.17) is 8.85 Å². The first-order chi connectivity index (χ1) is 18.6. The Morgan fingerprint density at radius 1 is 1.35 bits per heavy atom. The number of amides is 2. The molecule has 3 aromatic rings. The van der Waals surface area contributed by atoms with Gasteiger partial charge in [-0.15, -0.1) is 0 Å². The summed E-state index contributed by atoms with van der Waals surface area (Å²) in [5.41, 5.74) is -0.416. The third-order valence-corrected chi connectivity index (χ3v) is 6.98. The molecule has 0 bridgehead atoms. The Labute approximate surface area is 213 Å². The van der Waals surface area contributed by atoms with Gasteiger partial charge in [0.2, 0.25) is 5.91 Å². The topological polar surface area (TPSA) is 130 Å². The number of hydrogen-bond acceptors (Lipinski definition) is 7. The first-order valence-corrected chi connectivity index (χ1v) is 11.3. The summed E-state index contributed by atoms with van der Waals surface area (Å²) in [5.74, 6) is -1.68. The number of aromatic nitrogens is 3. The molecule has 2 amide bonds. The van der Waals surface area contributed by atoms with Crippen molar-refractivity contribution in [2.75, 3.05) is 24.7 Å². The number of ether oxygens (including phenoxy) is 1. The highest BCUT2D eigenvalue weighted by Crippen LogP contribution is 2.70. The molecule has 2 aliphatic carbocycles. The SMILES string of the molecule is [2H]C([2H])([2H])NC(=O)c1cnc(NC(=O)C2CC23CC3)cc1Nc1nn(C)c2ccc([C@H](O)C(F)(F)F)c(OC)c12. The van der Waals surface area contributed by atoms with Crippen LogP contribution in [0.3, 0.4) is 0 Å². The van der Waals surface area contributed by atoms with Crippen molar-refractivity contribution < 1.29 is 36.7 Å². The predicted molar refractivity (Wildman–Crippen MR) is 128 cm³/mol. The molecule has 2 saturated carbocycles. The number of aliphatic hydroxyl groups excluding tert-OH is 1. The minimum absolute atomic E-state index is 0.0344. The maximum absolute atomic E-state index is 13.4. The van der Waals surface area contributed by atoms with Crippen LogP contribution in [-0.2, 0) is 11.8 Å². The number of pyridine rings is 1. The zero-order valence-electron chi connectivity index (χ0n) is 22.7. The van der Waals surface area contributed by atoms with E-state index in [1.165, 1.54) is 23.9 Å². The zero-order valence-corrected chi connectivity index (χ0v) is 19.7. The van der Waals surface area contributed by atoms with Crippen molar-refractivity contribution in [1.82, 2.24) is 20.1 Å². The molecule has 2 fully saturated rings. The molecule has 13 heteroatoms. The van der Waals surface area contributed by atoms with Gasteiger partial charge in [0.15, 0.2) is 11.9 Å². The molecule has 0 radical (unpaired) electrons. The summed E-state index contributed by atoms with van der Waals surface area (Å²) in [7, 11) is 2.66. The number of methoxy groups -OCH3 is 1. The number of aliphatic hydroxyl groups is 1. The van der Waals surface area contributed by atoms with Crippen molar-refractivity contribution >= 4 is 40.0 Å². The number of fused-ring (bicyclic) bond motifs is 1. The Morgan fingerprint density at radius 3 is 2.73 bits per heavy atom. The lowest BCUT2D eigenvalue weighted by Gasteiger charge is -2.18. The maximum atomic E-state index is 13.4. The third kappa shape index (κ3) is 4.32. The largest absolute Gasteiger partial charge is 0.496 e. The summed E-state index contributed by atoms with van der Waals surface area (Å²) < 4.78 is 68.8. The Morgan fingerprint density at radius 2 is 2.11 bits per heavy atom. The van der Waals surface area contributed by atoms with Crippen LogP contribution in [0.15, 0.2) is 24.4 Å². The first kappa shape index (κ1) is 21.2. The van der Waals surface area contributed by atoms with Crippen LogP contribution in [0.25, 0.3) is 10.9 Å². The summed E-state index contributed by atoms with van der Waals surface area (Å²) in [4.78, 5) is 29.6. The van der Waals surface area contributed by atoms with Gasteiger partial charge in [-0.05, 0) is 30.7 Å². The number of nitrogens with one attached hydrogen (secondary N) is 3. The number of aryl methyl sites for hydroxylation is 1. The Bertz CT molecular complexity index is 1520. The molecule has 2 atom stereocenters. The average molecular weight is 522 g/mol. The Kier molecular flexibility index (Phi) is 4.94. The fourth-order valence-electron chi connectivity index (χ4n) is 4.69. The molecule has 37 heavy (non-hydrogen) atoms. The molecule has 5 rings (SSSR count). The molecule has 0 aliphatic heterocycles. The number of halogens is 3. The number of hydrogen-bond donors (Lipinski definition) is 4. The molecule has 1 aromatic carbocycles. The van der Waals surface area contributed by atoms with E-state index in [1.807, 2.05) is 5.32 Å². The lowest BCUT2D eigenvalue weighted by molar-refractivity contribution is -0.207. The molecular formula is C24H25F3N6O4. The van der Waals surface area contributed by atoms with Gasteiger partial charge in [0.05, 0.1) is 29.3 Å². The molecule has 10 nitrogen and oxygen atoms in total. The van der Waals surface area contributed by atoms with Crippen molar-refractivity contribution in [3.05, 3.63) is 35.5 Å². The summed E-state index contributed by atoms with van der Waals surface area (Å²) in [6.07, 6.45) is -4.00. The van der Waals surface area contributed by atoms with Crippen LogP contribution in [0.5, 0.6) is 5.75 Å². The van der Waals surface area contributed by atoms with Crippen LogP contribution in [0.4, 0.5) is 30.5 Å². The van der Waals surface area contributed by atoms with E-state index in [0.29, 0.717) is 5.52 Å². The number of benzene rings is 1. The van der Waals surface area contributed by atoms with Gasteiger partial charge in [-0.3, -0.25) is 14.3 Å². The number of carbonyl (C=O) groups is 2. The van der Waals surface area contributed by atoms with Gasteiger partial charge >= 0.3 is 6.18 Å². The van der Waals surface area contributed by atoms with E-state index in [0.717, 1.165) is 38.6 Å². The van der Waals surface area contributed by atoms with Gasteiger partial charge in [0.1, 0.15) is 11.6 Å². The highest BCUT2D eigenvalue weighted by atomic mass is 19.4. The number of rotatable bonds is 7. The molecule has 2 aromatic heterocycles. The fraction of sp³-hybridized carbons (Fsp3) is 0.417. The van der Waals surface area contributed by atoms with E-state index in [1.54, 1.807) is 0 Å². The van der Waals surface area contributed by atoms with Crippen molar-refractivity contribution in [3.63, 3.8) is 0 Å². The van der Waals surface area contributed by atoms with Crippen molar-refractivity contribution in [2.24, 2.45) is 18.4 Å². The molecule has 196 valence electrons. The molecule has 2 aliphatic rings. The summed E-state index contributed by atoms with van der Waals surface area (Å²) >= 11 is 0. The second-order valence-corrected chi connectivity index (χ2v) is 9.30. The summed E-state index contributed by atoms with van der Waals surface area (Å²) in [6.45, 7) is -2.82. The average Bonchev–Trinajstić information content (AvgIpc) is 3.76. The van der Waals surface area contributed by atoms with E-state index in [2.05, 4.69) is 20.7 Å². The van der Waals surface area contributed by atoms with Crippen molar-refractivity contribution in [1.29, 1.82) is 0 Å². The highest BCUT2D eigenvalue weighted by Gasteiger charge is 2.65. The van der Waals surface area contributed by atoms with Crippen LogP contribution >= 0.6 is 0 Å². The lowest BCUT2D eigenvalue weighted by Crippen LogP contribution is -2.21. The Hall–Kier alpha value is -3.87. The maximum Gasteiger partial charge on any atom is 0.418 e. The Balaban J connectivity index is 1.56. The van der Waals surface area contributed by atoms with E-state index < -0.39 is 30.7 Å². The monoisotopic (exact) mass is 521 g/mol. The molecule has 2 heterocycles. The van der Waals surface area contributed by atoms with E-state index in [-0.39, 0.29) is 51.3 Å². The second-order valence-electron chi connectivity index (χ2n) is 9.30. The van der Waals surface area contributed by atoms with Gasteiger partial charge in [-0.25, -0.2) is 4.98 Å². The fourth-order valence-corrected chi connectivity index (χ4v) is 4.69. The van der Waals surface area contributed by atoms with Crippen LogP contribution in [0, 0.1) is 11.3 Å². The molecule has 1 spiro atoms. The third-order valence-electron chi connectivity index (χ3n) is 6.98. The molecular weight excluding hydrogens is 493 g/mol. The first-order valence-electron chi connectivity index (χ1n) is 12.8. The molecule has 1 unspecified atom stereocenters. The van der Waals surface area contributed by atoms with Gasteiger partial charge < -0.3 is 25.8 Å². The number of alkyl halides is 3. The molecule has 0 saturated heterocycles. The standard InChI is InChI=1S/C24H25F3N6O4/c1-28-21(35)12-10-29-16(31-22(36)13-9-23(13)6-7-23)8-14(12)30-20-17-15(33(2)32-20)5-4-11(18(17)37-3)19(34)24(25,26)27/h4-5,8,10,13,19,34H,6-7,9H2,1-3H3,(H,28,35)(H2,29,30,31,32,36)/t13?,19-/m0/s1/i1D3. The van der Waals surface area contributed by atoms with Crippen molar-refractivity contribution in [3.8, 4) is 5.75 Å². The van der Waals surface area contributed by atoms with Crippen LogP contribution in [-0.4, -0.2) is 51.9 Å². The predicted octanol–water partition coefficient (Wildman–Crippen LogP) is 3.41. The van der Waals surface area contributed by atoms with E-state index >= 15 is 0 Å². The van der Waals surface area contributed by atoms with Crippen LogP contribution in [0.1, 0.15) is 45.4 Å². The van der Waals surface area contributed by atoms with E-state index in [9.17, 15) is 27.9 Å². The molecule has 4 N–H and O–H groups in total. The highest BCUT2D eigenvalue weighted by molar-refractivity contribution is 6.04. The lowest BCUT2D eigenvalue weighted by atomic mass is 10.0. The minimum Gasteiger partial charge on any atom is -0.496 e. The van der Waals surface area contributed by atoms with Gasteiger partial charge in [-0.2, -0.15) is 18.3 Å². The number of anilines is 3. The number of carbonyl (C=O) groups excluding carboxylic acids is 2. The second kappa shape index (κ2) is 8.61. The van der Waals surface area contributed by atoms with Gasteiger partial charge in [0.25, 0.3) is 5.91 Å². The summed E-state index contributed by atoms with van der Waals surface area (Å²) in [5, 5.41) is 21.7. The van der Waals surface area contributed by atoms with Crippen molar-refractivity contribution in [2.45, 2.75) is 31.5 Å². The van der Waals surface area contributed by atoms with Crippen LogP contribution < -0.4 is 20.7 Å². The van der Waals surface area contributed by atoms with Gasteiger partial charge in [-0.1, -0.05) is 6.07 Å². The normalized spacial score (nSPS) is 19.9. The quantitative estimate of drug-likeness (QED) is 0.375. The smallest absolute Gasteiger partial charge is 0.418 e. The minimum atomic E-state index is -4.98. The summed E-state index contributed by atoms with van der Waals surface area (Å²) in [6, 6.07) is 3.70. The zero-order chi connectivity index (χ0) is 29.2.